The van der Waals surface area contributed by atoms with E-state index in [0.29, 0.717) is 6.04 Å². The molecule has 0 amide bonds. The highest BCUT2D eigenvalue weighted by atomic mass is 32.1. The van der Waals surface area contributed by atoms with Gasteiger partial charge < -0.3 is 10.2 Å². The lowest BCUT2D eigenvalue weighted by molar-refractivity contribution is 0.560. The molecule has 4 heteroatoms. The number of anilines is 1. The Hall–Kier alpha value is -0.610. The summed E-state index contributed by atoms with van der Waals surface area (Å²) in [5, 5.41) is 4.49. The Balaban J connectivity index is 2.29. The van der Waals surface area contributed by atoms with Gasteiger partial charge in [-0.3, -0.25) is 0 Å². The molecular formula is C16H29N3S. The van der Waals surface area contributed by atoms with Gasteiger partial charge in [0, 0.05) is 29.4 Å². The third kappa shape index (κ3) is 3.73. The molecule has 0 bridgehead atoms. The second-order valence-corrected chi connectivity index (χ2v) is 8.30. The minimum Gasteiger partial charge on any atom is -0.345 e. The Morgan fingerprint density at radius 3 is 2.45 bits per heavy atom. The summed E-state index contributed by atoms with van der Waals surface area (Å²) in [5.74, 6) is 0.895. The zero-order valence-electron chi connectivity index (χ0n) is 13.8. The van der Waals surface area contributed by atoms with Crippen LogP contribution in [-0.4, -0.2) is 24.6 Å². The maximum absolute atomic E-state index is 5.01. The van der Waals surface area contributed by atoms with Gasteiger partial charge in [0.05, 0.1) is 5.69 Å². The lowest BCUT2D eigenvalue weighted by atomic mass is 9.91. The molecule has 0 spiro atoms. The Bertz CT molecular complexity index is 441. The zero-order valence-corrected chi connectivity index (χ0v) is 14.6. The third-order valence-corrected chi connectivity index (χ3v) is 4.85. The number of thiazole rings is 1. The topological polar surface area (TPSA) is 28.2 Å². The van der Waals surface area contributed by atoms with E-state index in [1.54, 1.807) is 0 Å². The number of nitrogens with one attached hydrogen (secondary N) is 1. The minimum atomic E-state index is 0.114. The predicted molar refractivity (Wildman–Crippen MR) is 88.8 cm³/mol. The van der Waals surface area contributed by atoms with Crippen LogP contribution in [0.1, 0.15) is 58.0 Å². The molecule has 20 heavy (non-hydrogen) atoms. The zero-order chi connectivity index (χ0) is 14.9. The highest BCUT2D eigenvalue weighted by Gasteiger charge is 2.29. The Kier molecular flexibility index (Phi) is 4.75. The van der Waals surface area contributed by atoms with E-state index in [1.807, 2.05) is 18.4 Å². The molecule has 1 fully saturated rings. The van der Waals surface area contributed by atoms with Crippen molar-refractivity contribution >= 4 is 16.5 Å². The highest BCUT2D eigenvalue weighted by molar-refractivity contribution is 7.15. The second-order valence-electron chi connectivity index (χ2n) is 7.24. The van der Waals surface area contributed by atoms with Gasteiger partial charge in [-0.15, -0.1) is 11.3 Å². The quantitative estimate of drug-likeness (QED) is 0.865. The molecule has 2 rings (SSSR count). The van der Waals surface area contributed by atoms with E-state index < -0.39 is 0 Å². The molecule has 0 atom stereocenters. The number of hydrogen-bond donors (Lipinski definition) is 1. The van der Waals surface area contributed by atoms with Gasteiger partial charge in [-0.25, -0.2) is 4.98 Å². The van der Waals surface area contributed by atoms with Crippen molar-refractivity contribution < 1.29 is 0 Å². The molecule has 0 aliphatic heterocycles. The number of aromatic nitrogens is 1. The van der Waals surface area contributed by atoms with Crippen LogP contribution in [0.5, 0.6) is 0 Å². The highest BCUT2D eigenvalue weighted by Crippen LogP contribution is 2.37. The van der Waals surface area contributed by atoms with Crippen molar-refractivity contribution in [2.24, 2.45) is 5.92 Å². The van der Waals surface area contributed by atoms with Crippen molar-refractivity contribution in [2.45, 2.75) is 65.5 Å². The number of nitrogens with zero attached hydrogens (tertiary/aromatic N) is 2. The Morgan fingerprint density at radius 1 is 1.35 bits per heavy atom. The fourth-order valence-electron chi connectivity index (χ4n) is 2.42. The van der Waals surface area contributed by atoms with E-state index in [2.05, 4.69) is 44.8 Å². The van der Waals surface area contributed by atoms with E-state index in [4.69, 9.17) is 4.98 Å². The van der Waals surface area contributed by atoms with Crippen molar-refractivity contribution in [1.82, 2.24) is 10.3 Å². The molecule has 1 aliphatic carbocycles. The number of rotatable bonds is 6. The predicted octanol–water partition coefficient (Wildman–Crippen LogP) is 3.78. The number of hydrogen-bond acceptors (Lipinski definition) is 4. The molecule has 1 heterocycles. The van der Waals surface area contributed by atoms with Gasteiger partial charge in [0.1, 0.15) is 0 Å². The molecule has 0 unspecified atom stereocenters. The van der Waals surface area contributed by atoms with Crippen LogP contribution in [0.2, 0.25) is 0 Å². The summed E-state index contributed by atoms with van der Waals surface area (Å²) in [5.41, 5.74) is 1.37. The van der Waals surface area contributed by atoms with E-state index in [-0.39, 0.29) is 5.41 Å². The fourth-order valence-corrected chi connectivity index (χ4v) is 3.84. The van der Waals surface area contributed by atoms with Crippen molar-refractivity contribution in [3.8, 4) is 0 Å². The average molecular weight is 295 g/mol. The van der Waals surface area contributed by atoms with Gasteiger partial charge in [0.25, 0.3) is 0 Å². The second kappa shape index (κ2) is 6.02. The first-order valence-electron chi connectivity index (χ1n) is 7.74. The Labute approximate surface area is 127 Å². The summed E-state index contributed by atoms with van der Waals surface area (Å²) < 4.78 is 0. The van der Waals surface area contributed by atoms with E-state index in [1.165, 1.54) is 35.1 Å². The first-order chi connectivity index (χ1) is 9.32. The summed E-state index contributed by atoms with van der Waals surface area (Å²) in [6.45, 7) is 13.4. The molecule has 1 saturated carbocycles. The van der Waals surface area contributed by atoms with Gasteiger partial charge in [-0.05, 0) is 39.7 Å². The molecule has 1 aromatic heterocycles. The molecule has 1 N–H and O–H groups in total. The van der Waals surface area contributed by atoms with E-state index in [9.17, 15) is 0 Å². The molecule has 114 valence electrons. The minimum absolute atomic E-state index is 0.114. The van der Waals surface area contributed by atoms with Crippen LogP contribution in [0.4, 0.5) is 5.13 Å². The van der Waals surface area contributed by atoms with E-state index in [0.717, 1.165) is 12.5 Å². The van der Waals surface area contributed by atoms with Crippen LogP contribution in [-0.2, 0) is 12.0 Å². The van der Waals surface area contributed by atoms with Gasteiger partial charge >= 0.3 is 0 Å². The lowest BCUT2D eigenvalue weighted by Gasteiger charge is -2.26. The smallest absolute Gasteiger partial charge is 0.186 e. The van der Waals surface area contributed by atoms with Crippen LogP contribution >= 0.6 is 11.3 Å². The lowest BCUT2D eigenvalue weighted by Crippen LogP contribution is -2.32. The van der Waals surface area contributed by atoms with Gasteiger partial charge in [-0.2, -0.15) is 0 Å². The van der Waals surface area contributed by atoms with Crippen LogP contribution in [0, 0.1) is 5.92 Å². The van der Waals surface area contributed by atoms with Gasteiger partial charge in [-0.1, -0.05) is 20.8 Å². The van der Waals surface area contributed by atoms with Gasteiger partial charge in [0.2, 0.25) is 0 Å². The third-order valence-electron chi connectivity index (χ3n) is 3.75. The van der Waals surface area contributed by atoms with Crippen molar-refractivity contribution in [1.29, 1.82) is 0 Å². The molecular weight excluding hydrogens is 266 g/mol. The summed E-state index contributed by atoms with van der Waals surface area (Å²) in [4.78, 5) is 8.89. The van der Waals surface area contributed by atoms with Crippen LogP contribution in [0.25, 0.3) is 0 Å². The van der Waals surface area contributed by atoms with Crippen molar-refractivity contribution in [3.63, 3.8) is 0 Å². The van der Waals surface area contributed by atoms with Crippen molar-refractivity contribution in [2.75, 3.05) is 18.5 Å². The van der Waals surface area contributed by atoms with Crippen LogP contribution in [0.3, 0.4) is 0 Å². The summed E-state index contributed by atoms with van der Waals surface area (Å²) in [6, 6.07) is 0.525. The monoisotopic (exact) mass is 295 g/mol. The molecule has 1 aromatic rings. The fraction of sp³-hybridized carbons (Fsp3) is 0.812. The van der Waals surface area contributed by atoms with E-state index >= 15 is 0 Å². The van der Waals surface area contributed by atoms with Crippen molar-refractivity contribution in [3.05, 3.63) is 10.6 Å². The first kappa shape index (κ1) is 15.8. The molecule has 0 radical (unpaired) electrons. The standard InChI is InChI=1S/C16H29N3S/c1-11(2)19(10-12-7-8-12)15-18-14(16(3,4)5)13(20-15)9-17-6/h11-12,17H,7-10H2,1-6H3. The average Bonchev–Trinajstić information content (AvgIpc) is 3.05. The molecule has 0 aromatic carbocycles. The molecule has 0 saturated heterocycles. The van der Waals surface area contributed by atoms with Crippen LogP contribution in [0.15, 0.2) is 0 Å². The normalized spacial score (nSPS) is 15.9. The van der Waals surface area contributed by atoms with Gasteiger partial charge in [0.15, 0.2) is 5.13 Å². The maximum Gasteiger partial charge on any atom is 0.186 e. The van der Waals surface area contributed by atoms with Crippen LogP contribution < -0.4 is 10.2 Å². The summed E-state index contributed by atoms with van der Waals surface area (Å²) in [6.07, 6.45) is 2.79. The largest absolute Gasteiger partial charge is 0.345 e. The SMILES string of the molecule is CNCc1sc(N(CC2CC2)C(C)C)nc1C(C)(C)C. The summed E-state index contributed by atoms with van der Waals surface area (Å²) >= 11 is 1.87. The first-order valence-corrected chi connectivity index (χ1v) is 8.56. The molecule has 1 aliphatic rings. The maximum atomic E-state index is 5.01. The molecule has 3 nitrogen and oxygen atoms in total. The summed E-state index contributed by atoms with van der Waals surface area (Å²) in [7, 11) is 2.01. The Morgan fingerprint density at radius 2 is 2.00 bits per heavy atom.